The van der Waals surface area contributed by atoms with Gasteiger partial charge in [0.25, 0.3) is 0 Å². The lowest BCUT2D eigenvalue weighted by atomic mass is 9.83. The van der Waals surface area contributed by atoms with Crippen molar-refractivity contribution < 1.29 is 9.53 Å². The predicted octanol–water partition coefficient (Wildman–Crippen LogP) is 2.46. The first-order valence-electron chi connectivity index (χ1n) is 4.94. The van der Waals surface area contributed by atoms with E-state index in [0.717, 1.165) is 29.7 Å². The van der Waals surface area contributed by atoms with Crippen LogP contribution in [-0.4, -0.2) is 12.9 Å². The smallest absolute Gasteiger partial charge is 0.166 e. The van der Waals surface area contributed by atoms with Gasteiger partial charge in [-0.3, -0.25) is 4.79 Å². The van der Waals surface area contributed by atoms with E-state index in [2.05, 4.69) is 0 Å². The van der Waals surface area contributed by atoms with E-state index in [-0.39, 0.29) is 11.7 Å². The Labute approximate surface area is 83.9 Å². The van der Waals surface area contributed by atoms with Gasteiger partial charge in [-0.25, -0.2) is 0 Å². The predicted molar refractivity (Wildman–Crippen MR) is 54.8 cm³/mol. The van der Waals surface area contributed by atoms with Crippen LogP contribution < -0.4 is 4.74 Å². The molecule has 1 aliphatic carbocycles. The molecule has 74 valence electrons. The summed E-state index contributed by atoms with van der Waals surface area (Å²) in [4.78, 5) is 11.8. The number of Topliss-reactive ketones (excluding diaryl/α,β-unsaturated/α-hetero) is 1. The average molecular weight is 190 g/mol. The zero-order valence-electron chi connectivity index (χ0n) is 8.54. The lowest BCUT2D eigenvalue weighted by molar-refractivity contribution is 0.0912. The molecule has 0 aliphatic heterocycles. The van der Waals surface area contributed by atoms with E-state index >= 15 is 0 Å². The van der Waals surface area contributed by atoms with Crippen molar-refractivity contribution in [2.45, 2.75) is 19.8 Å². The highest BCUT2D eigenvalue weighted by molar-refractivity contribution is 6.00. The van der Waals surface area contributed by atoms with Crippen LogP contribution in [0.2, 0.25) is 0 Å². The number of carbonyl (C=O) groups excluding carboxylic acids is 1. The van der Waals surface area contributed by atoms with E-state index in [4.69, 9.17) is 4.74 Å². The molecule has 0 fully saturated rings. The molecule has 2 nitrogen and oxygen atoms in total. The van der Waals surface area contributed by atoms with E-state index in [1.807, 2.05) is 25.1 Å². The van der Waals surface area contributed by atoms with E-state index in [1.165, 1.54) is 0 Å². The number of fused-ring (bicyclic) bond motifs is 1. The number of benzene rings is 1. The number of hydrogen-bond donors (Lipinski definition) is 0. The van der Waals surface area contributed by atoms with Crippen molar-refractivity contribution in [3.63, 3.8) is 0 Å². The van der Waals surface area contributed by atoms with Crippen molar-refractivity contribution in [3.05, 3.63) is 29.3 Å². The third-order valence-corrected chi connectivity index (χ3v) is 2.89. The van der Waals surface area contributed by atoms with Crippen molar-refractivity contribution in [3.8, 4) is 5.75 Å². The fourth-order valence-electron chi connectivity index (χ4n) is 2.00. The summed E-state index contributed by atoms with van der Waals surface area (Å²) in [5, 5.41) is 0. The fraction of sp³-hybridized carbons (Fsp3) is 0.417. The lowest BCUT2D eigenvalue weighted by Gasteiger charge is -2.21. The Morgan fingerprint density at radius 2 is 2.21 bits per heavy atom. The Morgan fingerprint density at radius 3 is 2.93 bits per heavy atom. The topological polar surface area (TPSA) is 26.3 Å². The Morgan fingerprint density at radius 1 is 1.43 bits per heavy atom. The SMILES string of the molecule is COc1cccc2c1CC[C@H](C)C2=O. The third-order valence-electron chi connectivity index (χ3n) is 2.89. The van der Waals surface area contributed by atoms with Gasteiger partial charge in [0, 0.05) is 17.0 Å². The summed E-state index contributed by atoms with van der Waals surface area (Å²) in [7, 11) is 1.65. The normalized spacial score (nSPS) is 20.4. The number of hydrogen-bond acceptors (Lipinski definition) is 2. The average Bonchev–Trinajstić information content (AvgIpc) is 2.23. The highest BCUT2D eigenvalue weighted by Crippen LogP contribution is 2.31. The minimum Gasteiger partial charge on any atom is -0.496 e. The molecule has 0 bridgehead atoms. The summed E-state index contributed by atoms with van der Waals surface area (Å²) in [6.45, 7) is 1.99. The summed E-state index contributed by atoms with van der Waals surface area (Å²) >= 11 is 0. The summed E-state index contributed by atoms with van der Waals surface area (Å²) in [6.07, 6.45) is 1.89. The van der Waals surface area contributed by atoms with Crippen LogP contribution in [-0.2, 0) is 6.42 Å². The molecule has 0 saturated carbocycles. The second kappa shape index (κ2) is 3.45. The summed E-state index contributed by atoms with van der Waals surface area (Å²) in [5.41, 5.74) is 1.93. The number of methoxy groups -OCH3 is 1. The number of ether oxygens (including phenoxy) is 1. The first-order chi connectivity index (χ1) is 6.74. The Balaban J connectivity index is 2.52. The molecular weight excluding hydrogens is 176 g/mol. The second-order valence-electron chi connectivity index (χ2n) is 3.79. The highest BCUT2D eigenvalue weighted by atomic mass is 16.5. The quantitative estimate of drug-likeness (QED) is 0.680. The minimum atomic E-state index is 0.162. The molecule has 1 aromatic rings. The molecule has 1 aromatic carbocycles. The summed E-state index contributed by atoms with van der Waals surface area (Å²) in [6, 6.07) is 5.70. The van der Waals surface area contributed by atoms with Crippen LogP contribution in [0.1, 0.15) is 29.3 Å². The van der Waals surface area contributed by atoms with Crippen LogP contribution in [0.15, 0.2) is 18.2 Å². The Hall–Kier alpha value is -1.31. The van der Waals surface area contributed by atoms with Gasteiger partial charge >= 0.3 is 0 Å². The van der Waals surface area contributed by atoms with Crippen LogP contribution in [0.3, 0.4) is 0 Å². The van der Waals surface area contributed by atoms with Crippen LogP contribution in [0.4, 0.5) is 0 Å². The number of carbonyl (C=O) groups is 1. The van der Waals surface area contributed by atoms with Crippen molar-refractivity contribution in [1.29, 1.82) is 0 Å². The third kappa shape index (κ3) is 1.31. The van der Waals surface area contributed by atoms with Gasteiger partial charge in [-0.2, -0.15) is 0 Å². The summed E-state index contributed by atoms with van der Waals surface area (Å²) < 4.78 is 5.24. The number of ketones is 1. The van der Waals surface area contributed by atoms with E-state index < -0.39 is 0 Å². The van der Waals surface area contributed by atoms with Gasteiger partial charge in [-0.1, -0.05) is 19.1 Å². The molecule has 0 N–H and O–H groups in total. The first-order valence-corrected chi connectivity index (χ1v) is 4.94. The molecule has 0 aromatic heterocycles. The molecule has 2 heteroatoms. The first kappa shape index (κ1) is 9.25. The van der Waals surface area contributed by atoms with Crippen LogP contribution in [0, 0.1) is 5.92 Å². The Bertz CT molecular complexity index is 369. The number of rotatable bonds is 1. The zero-order valence-corrected chi connectivity index (χ0v) is 8.54. The van der Waals surface area contributed by atoms with Gasteiger partial charge in [0.2, 0.25) is 0 Å². The van der Waals surface area contributed by atoms with Crippen molar-refractivity contribution in [2.75, 3.05) is 7.11 Å². The lowest BCUT2D eigenvalue weighted by Crippen LogP contribution is -2.20. The zero-order chi connectivity index (χ0) is 10.1. The van der Waals surface area contributed by atoms with Gasteiger partial charge in [0.05, 0.1) is 7.11 Å². The highest BCUT2D eigenvalue weighted by Gasteiger charge is 2.25. The van der Waals surface area contributed by atoms with Crippen molar-refractivity contribution in [1.82, 2.24) is 0 Å². The molecule has 0 radical (unpaired) electrons. The van der Waals surface area contributed by atoms with Gasteiger partial charge in [-0.05, 0) is 18.9 Å². The van der Waals surface area contributed by atoms with Gasteiger partial charge < -0.3 is 4.74 Å². The molecule has 0 amide bonds. The molecule has 2 rings (SSSR count). The Kier molecular flexibility index (Phi) is 2.28. The van der Waals surface area contributed by atoms with Gasteiger partial charge in [0.1, 0.15) is 5.75 Å². The van der Waals surface area contributed by atoms with Gasteiger partial charge in [0.15, 0.2) is 5.78 Å². The van der Waals surface area contributed by atoms with Gasteiger partial charge in [-0.15, -0.1) is 0 Å². The van der Waals surface area contributed by atoms with E-state index in [1.54, 1.807) is 7.11 Å². The molecule has 0 heterocycles. The molecule has 1 atom stereocenters. The maximum Gasteiger partial charge on any atom is 0.166 e. The standard InChI is InChI=1S/C12H14O2/c1-8-6-7-9-10(12(8)13)4-3-5-11(9)14-2/h3-5,8H,6-7H2,1-2H3/t8-/m0/s1. The molecule has 1 aliphatic rings. The maximum atomic E-state index is 11.8. The largest absolute Gasteiger partial charge is 0.496 e. The fourth-order valence-corrected chi connectivity index (χ4v) is 2.00. The molecule has 0 unspecified atom stereocenters. The maximum absolute atomic E-state index is 11.8. The van der Waals surface area contributed by atoms with Crippen molar-refractivity contribution >= 4 is 5.78 Å². The molecule has 14 heavy (non-hydrogen) atoms. The molecule has 0 saturated heterocycles. The van der Waals surface area contributed by atoms with Crippen LogP contribution in [0.25, 0.3) is 0 Å². The molecular formula is C12H14O2. The molecule has 0 spiro atoms. The van der Waals surface area contributed by atoms with E-state index in [0.29, 0.717) is 0 Å². The minimum absolute atomic E-state index is 0.162. The monoisotopic (exact) mass is 190 g/mol. The van der Waals surface area contributed by atoms with Crippen LogP contribution in [0.5, 0.6) is 5.75 Å². The second-order valence-corrected chi connectivity index (χ2v) is 3.79. The van der Waals surface area contributed by atoms with Crippen LogP contribution >= 0.6 is 0 Å². The van der Waals surface area contributed by atoms with E-state index in [9.17, 15) is 4.79 Å². The summed E-state index contributed by atoms with van der Waals surface area (Å²) in [5.74, 6) is 1.27. The van der Waals surface area contributed by atoms with Crippen molar-refractivity contribution in [2.24, 2.45) is 5.92 Å².